The summed E-state index contributed by atoms with van der Waals surface area (Å²) in [7, 11) is 0. The summed E-state index contributed by atoms with van der Waals surface area (Å²) in [5, 5.41) is 2.44. The highest BCUT2D eigenvalue weighted by Crippen LogP contribution is 2.14. The van der Waals surface area contributed by atoms with E-state index in [1.54, 1.807) is 13.8 Å². The van der Waals surface area contributed by atoms with Crippen LogP contribution in [0.5, 0.6) is 0 Å². The van der Waals surface area contributed by atoms with E-state index in [9.17, 15) is 14.4 Å². The van der Waals surface area contributed by atoms with E-state index in [1.165, 1.54) is 6.92 Å². The number of hydrogen-bond donors (Lipinski definition) is 1. The summed E-state index contributed by atoms with van der Waals surface area (Å²) >= 11 is 0. The molecule has 2 unspecified atom stereocenters. The van der Waals surface area contributed by atoms with Crippen LogP contribution in [-0.4, -0.2) is 23.9 Å². The van der Waals surface area contributed by atoms with Gasteiger partial charge in [0.1, 0.15) is 5.78 Å². The molecule has 0 heterocycles. The lowest BCUT2D eigenvalue weighted by molar-refractivity contribution is -0.154. The van der Waals surface area contributed by atoms with E-state index in [0.717, 1.165) is 6.08 Å². The molecule has 0 rings (SSSR count). The molecule has 0 aromatic rings. The quantitative estimate of drug-likeness (QED) is 0.413. The Kier molecular flexibility index (Phi) is 6.86. The van der Waals surface area contributed by atoms with Gasteiger partial charge in [-0.05, 0) is 12.5 Å². The van der Waals surface area contributed by atoms with Gasteiger partial charge in [-0.25, -0.2) is 0 Å². The van der Waals surface area contributed by atoms with Gasteiger partial charge < -0.3 is 10.1 Å². The van der Waals surface area contributed by atoms with Gasteiger partial charge in [-0.1, -0.05) is 20.4 Å². The van der Waals surface area contributed by atoms with Gasteiger partial charge in [0, 0.05) is 13.3 Å². The minimum Gasteiger partial charge on any atom is -0.441 e. The Labute approximate surface area is 101 Å². The van der Waals surface area contributed by atoms with Gasteiger partial charge in [0.05, 0.1) is 5.92 Å². The second-order valence-electron chi connectivity index (χ2n) is 3.58. The summed E-state index contributed by atoms with van der Waals surface area (Å²) in [5.74, 6) is -1.59. The van der Waals surface area contributed by atoms with Crippen molar-refractivity contribution < 1.29 is 19.1 Å². The van der Waals surface area contributed by atoms with Crippen molar-refractivity contribution in [3.8, 4) is 0 Å². The van der Waals surface area contributed by atoms with E-state index in [0.29, 0.717) is 12.8 Å². The van der Waals surface area contributed by atoms with Crippen LogP contribution in [0.2, 0.25) is 0 Å². The molecular weight excluding hydrogens is 222 g/mol. The number of carbonyl (C=O) groups is 3. The summed E-state index contributed by atoms with van der Waals surface area (Å²) < 4.78 is 4.96. The Bertz CT molecular complexity index is 312. The summed E-state index contributed by atoms with van der Waals surface area (Å²) in [6.07, 6.45) is 0.970. The highest BCUT2D eigenvalue weighted by atomic mass is 16.6. The van der Waals surface area contributed by atoms with E-state index in [1.807, 2.05) is 0 Å². The number of amides is 1. The maximum absolute atomic E-state index is 11.7. The van der Waals surface area contributed by atoms with Gasteiger partial charge in [0.2, 0.25) is 5.91 Å². The number of rotatable bonds is 7. The second kappa shape index (κ2) is 7.60. The van der Waals surface area contributed by atoms with Gasteiger partial charge in [0.25, 0.3) is 0 Å². The van der Waals surface area contributed by atoms with E-state index in [2.05, 4.69) is 11.9 Å². The van der Waals surface area contributed by atoms with Crippen molar-refractivity contribution >= 4 is 17.7 Å². The lowest BCUT2D eigenvalue weighted by atomic mass is 9.97. The molecule has 0 aliphatic carbocycles. The Balaban J connectivity index is 4.84. The predicted molar refractivity (Wildman–Crippen MR) is 63.0 cm³/mol. The van der Waals surface area contributed by atoms with Crippen LogP contribution in [0.25, 0.3) is 0 Å². The summed E-state index contributed by atoms with van der Waals surface area (Å²) in [4.78, 5) is 33.8. The van der Waals surface area contributed by atoms with Crippen LogP contribution in [0.15, 0.2) is 12.7 Å². The molecule has 2 atom stereocenters. The third kappa shape index (κ3) is 5.29. The third-order valence-electron chi connectivity index (χ3n) is 2.33. The molecule has 17 heavy (non-hydrogen) atoms. The number of ketones is 1. The third-order valence-corrected chi connectivity index (χ3v) is 2.33. The fourth-order valence-electron chi connectivity index (χ4n) is 1.46. The molecule has 0 aliphatic rings. The maximum Gasteiger partial charge on any atom is 0.304 e. The average Bonchev–Trinajstić information content (AvgIpc) is 2.28. The molecule has 0 bridgehead atoms. The molecule has 0 aliphatic heterocycles. The first-order chi connectivity index (χ1) is 7.96. The summed E-state index contributed by atoms with van der Waals surface area (Å²) in [6, 6.07) is 0. The van der Waals surface area contributed by atoms with Crippen molar-refractivity contribution in [2.75, 3.05) is 0 Å². The van der Waals surface area contributed by atoms with Crippen molar-refractivity contribution in [1.82, 2.24) is 5.32 Å². The van der Waals surface area contributed by atoms with Crippen LogP contribution in [-0.2, 0) is 19.1 Å². The number of hydrogen-bond acceptors (Lipinski definition) is 4. The molecular formula is C12H19NO4. The zero-order valence-electron chi connectivity index (χ0n) is 10.5. The van der Waals surface area contributed by atoms with E-state index >= 15 is 0 Å². The molecule has 0 fully saturated rings. The smallest absolute Gasteiger partial charge is 0.304 e. The first-order valence-electron chi connectivity index (χ1n) is 5.59. The van der Waals surface area contributed by atoms with Crippen LogP contribution in [0, 0.1) is 5.92 Å². The first kappa shape index (κ1) is 15.3. The van der Waals surface area contributed by atoms with Crippen molar-refractivity contribution in [3.63, 3.8) is 0 Å². The normalized spacial score (nSPS) is 13.4. The fraction of sp³-hybridized carbons (Fsp3) is 0.583. The Hall–Kier alpha value is -1.65. The largest absolute Gasteiger partial charge is 0.441 e. The first-order valence-corrected chi connectivity index (χ1v) is 5.59. The lowest BCUT2D eigenvalue weighted by Crippen LogP contribution is -2.45. The highest BCUT2D eigenvalue weighted by Gasteiger charge is 2.28. The minimum atomic E-state index is -0.921. The second-order valence-corrected chi connectivity index (χ2v) is 3.58. The van der Waals surface area contributed by atoms with Crippen molar-refractivity contribution in [1.29, 1.82) is 0 Å². The standard InChI is InChI=1S/C12H19NO4/c1-5-9(10(15)6-2)12(17-8(4)14)13-11(16)7-3/h7,9,12H,3,5-6H2,1-2,4H3,(H,13,16). The van der Waals surface area contributed by atoms with Gasteiger partial charge in [-0.3, -0.25) is 14.4 Å². The Morgan fingerprint density at radius 2 is 1.94 bits per heavy atom. The van der Waals surface area contributed by atoms with Crippen LogP contribution < -0.4 is 5.32 Å². The maximum atomic E-state index is 11.7. The van der Waals surface area contributed by atoms with Crippen LogP contribution in [0.4, 0.5) is 0 Å². The zero-order chi connectivity index (χ0) is 13.4. The highest BCUT2D eigenvalue weighted by molar-refractivity contribution is 5.88. The number of nitrogens with one attached hydrogen (secondary N) is 1. The molecule has 0 aromatic carbocycles. The van der Waals surface area contributed by atoms with Gasteiger partial charge >= 0.3 is 5.97 Å². The van der Waals surface area contributed by atoms with Gasteiger partial charge in [-0.15, -0.1) is 0 Å². The van der Waals surface area contributed by atoms with Crippen molar-refractivity contribution in [2.24, 2.45) is 5.92 Å². The van der Waals surface area contributed by atoms with Crippen LogP contribution in [0.1, 0.15) is 33.6 Å². The Morgan fingerprint density at radius 1 is 1.35 bits per heavy atom. The SMILES string of the molecule is C=CC(=O)NC(OC(C)=O)C(CC)C(=O)CC. The van der Waals surface area contributed by atoms with E-state index < -0.39 is 24.0 Å². The molecule has 0 spiro atoms. The fourth-order valence-corrected chi connectivity index (χ4v) is 1.46. The monoisotopic (exact) mass is 241 g/mol. The number of Topliss-reactive ketones (excluding diaryl/α,β-unsaturated/α-hetero) is 1. The lowest BCUT2D eigenvalue weighted by Gasteiger charge is -2.24. The van der Waals surface area contributed by atoms with Gasteiger partial charge in [0.15, 0.2) is 6.23 Å². The zero-order valence-corrected chi connectivity index (χ0v) is 10.5. The molecule has 1 amide bonds. The molecule has 0 saturated carbocycles. The molecule has 5 nitrogen and oxygen atoms in total. The number of carbonyl (C=O) groups excluding carboxylic acids is 3. The Morgan fingerprint density at radius 3 is 2.29 bits per heavy atom. The molecule has 96 valence electrons. The van der Waals surface area contributed by atoms with Crippen LogP contribution >= 0.6 is 0 Å². The van der Waals surface area contributed by atoms with E-state index in [4.69, 9.17) is 4.74 Å². The summed E-state index contributed by atoms with van der Waals surface area (Å²) in [6.45, 7) is 8.07. The summed E-state index contributed by atoms with van der Waals surface area (Å²) in [5.41, 5.74) is 0. The number of esters is 1. The predicted octanol–water partition coefficient (Wildman–Crippen LogP) is 1.18. The molecule has 5 heteroatoms. The molecule has 0 radical (unpaired) electrons. The molecule has 1 N–H and O–H groups in total. The average molecular weight is 241 g/mol. The van der Waals surface area contributed by atoms with Crippen molar-refractivity contribution in [2.45, 2.75) is 39.8 Å². The topological polar surface area (TPSA) is 72.5 Å². The van der Waals surface area contributed by atoms with E-state index in [-0.39, 0.29) is 5.78 Å². The van der Waals surface area contributed by atoms with Crippen LogP contribution in [0.3, 0.4) is 0 Å². The number of ether oxygens (including phenoxy) is 1. The molecule has 0 saturated heterocycles. The minimum absolute atomic E-state index is 0.0527. The van der Waals surface area contributed by atoms with Gasteiger partial charge in [-0.2, -0.15) is 0 Å². The molecule has 0 aromatic heterocycles. The van der Waals surface area contributed by atoms with Crippen molar-refractivity contribution in [3.05, 3.63) is 12.7 Å².